The minimum absolute atomic E-state index is 0.0252. The Morgan fingerprint density at radius 2 is 2.04 bits per heavy atom. The number of rotatable bonds is 6. The van der Waals surface area contributed by atoms with E-state index in [9.17, 15) is 9.59 Å². The third-order valence-electron chi connectivity index (χ3n) is 5.58. The van der Waals surface area contributed by atoms with Gasteiger partial charge in [-0.2, -0.15) is 0 Å². The van der Waals surface area contributed by atoms with Gasteiger partial charge in [0.1, 0.15) is 0 Å². The fourth-order valence-corrected chi connectivity index (χ4v) is 3.96. The van der Waals surface area contributed by atoms with Crippen LogP contribution in [0.25, 0.3) is 0 Å². The first-order chi connectivity index (χ1) is 13.7. The van der Waals surface area contributed by atoms with Gasteiger partial charge >= 0.3 is 6.03 Å². The van der Waals surface area contributed by atoms with Crippen molar-refractivity contribution in [3.63, 3.8) is 0 Å². The average Bonchev–Trinajstić information content (AvgIpc) is 2.77. The summed E-state index contributed by atoms with van der Waals surface area (Å²) < 4.78 is 5.35. The van der Waals surface area contributed by atoms with Crippen LogP contribution >= 0.6 is 0 Å². The van der Waals surface area contributed by atoms with Crippen molar-refractivity contribution in [2.24, 2.45) is 0 Å². The highest BCUT2D eigenvalue weighted by atomic mass is 16.5. The second-order valence-electron chi connectivity index (χ2n) is 7.53. The Kier molecular flexibility index (Phi) is 7.68. The minimum atomic E-state index is -0.0288. The van der Waals surface area contributed by atoms with E-state index >= 15 is 0 Å². The summed E-state index contributed by atoms with van der Waals surface area (Å²) >= 11 is 0. The molecule has 0 saturated carbocycles. The monoisotopic (exact) mass is 388 g/mol. The molecule has 7 nitrogen and oxygen atoms in total. The number of ether oxygens (including phenoxy) is 1. The molecule has 0 spiro atoms. The Balaban J connectivity index is 1.49. The van der Waals surface area contributed by atoms with Gasteiger partial charge in [-0.3, -0.25) is 9.69 Å². The molecule has 2 saturated heterocycles. The number of carbonyl (C=O) groups is 2. The molecule has 2 aliphatic rings. The third-order valence-corrected chi connectivity index (χ3v) is 5.58. The van der Waals surface area contributed by atoms with Crippen LogP contribution in [0.3, 0.4) is 0 Å². The van der Waals surface area contributed by atoms with Gasteiger partial charge in [-0.05, 0) is 43.5 Å². The van der Waals surface area contributed by atoms with Crippen LogP contribution in [0.4, 0.5) is 4.79 Å². The van der Waals surface area contributed by atoms with E-state index in [4.69, 9.17) is 4.74 Å². The lowest BCUT2D eigenvalue weighted by Crippen LogP contribution is -2.43. The molecule has 1 unspecified atom stereocenters. The van der Waals surface area contributed by atoms with Crippen LogP contribution in [-0.2, 0) is 4.74 Å². The van der Waals surface area contributed by atoms with Gasteiger partial charge in [-0.15, -0.1) is 0 Å². The lowest BCUT2D eigenvalue weighted by atomic mass is 9.89. The normalized spacial score (nSPS) is 20.6. The zero-order valence-electron chi connectivity index (χ0n) is 16.8. The quantitative estimate of drug-likeness (QED) is 0.727. The van der Waals surface area contributed by atoms with E-state index in [1.54, 1.807) is 7.05 Å². The standard InChI is InChI=1S/C21H32N4O3/c1-22-21(27)25-10-3-7-19(16-25)17-5-2-6-18(15-17)20(26)23-8-4-9-24-11-13-28-14-12-24/h2,5-6,15,19H,3-4,7-14,16H2,1H3,(H,22,27)(H,23,26). The molecule has 0 radical (unpaired) electrons. The van der Waals surface area contributed by atoms with E-state index in [1.807, 2.05) is 23.1 Å². The van der Waals surface area contributed by atoms with E-state index in [0.29, 0.717) is 18.7 Å². The predicted molar refractivity (Wildman–Crippen MR) is 109 cm³/mol. The molecular weight excluding hydrogens is 356 g/mol. The smallest absolute Gasteiger partial charge is 0.317 e. The van der Waals surface area contributed by atoms with E-state index in [0.717, 1.165) is 64.2 Å². The summed E-state index contributed by atoms with van der Waals surface area (Å²) in [4.78, 5) is 28.7. The molecule has 0 aliphatic carbocycles. The molecule has 2 fully saturated rings. The van der Waals surface area contributed by atoms with Crippen LogP contribution < -0.4 is 10.6 Å². The van der Waals surface area contributed by atoms with Crippen LogP contribution in [0, 0.1) is 0 Å². The number of amides is 3. The molecule has 7 heteroatoms. The molecular formula is C21H32N4O3. The first-order valence-corrected chi connectivity index (χ1v) is 10.3. The van der Waals surface area contributed by atoms with Crippen LogP contribution in [0.2, 0.25) is 0 Å². The Morgan fingerprint density at radius 3 is 2.82 bits per heavy atom. The number of hydrogen-bond acceptors (Lipinski definition) is 4. The second kappa shape index (κ2) is 10.4. The maximum absolute atomic E-state index is 12.5. The van der Waals surface area contributed by atoms with Crippen molar-refractivity contribution in [3.8, 4) is 0 Å². The van der Waals surface area contributed by atoms with E-state index in [1.165, 1.54) is 0 Å². The predicted octanol–water partition coefficient (Wildman–Crippen LogP) is 1.66. The number of carbonyl (C=O) groups excluding carboxylic acids is 2. The summed E-state index contributed by atoms with van der Waals surface area (Å²) in [5.41, 5.74) is 1.83. The average molecular weight is 389 g/mol. The third kappa shape index (κ3) is 5.69. The lowest BCUT2D eigenvalue weighted by molar-refractivity contribution is 0.0374. The number of nitrogens with zero attached hydrogens (tertiary/aromatic N) is 2. The highest BCUT2D eigenvalue weighted by molar-refractivity contribution is 5.94. The largest absolute Gasteiger partial charge is 0.379 e. The van der Waals surface area contributed by atoms with E-state index in [2.05, 4.69) is 21.6 Å². The topological polar surface area (TPSA) is 73.9 Å². The van der Waals surface area contributed by atoms with Gasteiger partial charge in [0.15, 0.2) is 0 Å². The first-order valence-electron chi connectivity index (χ1n) is 10.3. The molecule has 1 aromatic rings. The Labute approximate surface area is 167 Å². The number of morpholine rings is 1. The molecule has 0 bridgehead atoms. The maximum Gasteiger partial charge on any atom is 0.317 e. The van der Waals surface area contributed by atoms with Crippen molar-refractivity contribution in [2.75, 3.05) is 59.5 Å². The Bertz CT molecular complexity index is 661. The number of hydrogen-bond donors (Lipinski definition) is 2. The minimum Gasteiger partial charge on any atom is -0.379 e. The molecule has 2 N–H and O–H groups in total. The number of likely N-dealkylation sites (tertiary alicyclic amines) is 1. The molecule has 2 aliphatic heterocycles. The van der Waals surface area contributed by atoms with Crippen LogP contribution in [0.5, 0.6) is 0 Å². The lowest BCUT2D eigenvalue weighted by Gasteiger charge is -2.32. The van der Waals surface area contributed by atoms with Crippen molar-refractivity contribution < 1.29 is 14.3 Å². The highest BCUT2D eigenvalue weighted by Crippen LogP contribution is 2.27. The molecule has 28 heavy (non-hydrogen) atoms. The number of benzene rings is 1. The number of nitrogens with one attached hydrogen (secondary N) is 2. The molecule has 1 atom stereocenters. The number of urea groups is 1. The van der Waals surface area contributed by atoms with Crippen molar-refractivity contribution in [3.05, 3.63) is 35.4 Å². The van der Waals surface area contributed by atoms with Gasteiger partial charge in [0.2, 0.25) is 0 Å². The van der Waals surface area contributed by atoms with E-state index in [-0.39, 0.29) is 17.9 Å². The Hall–Kier alpha value is -2.12. The summed E-state index contributed by atoms with van der Waals surface area (Å²) in [5, 5.41) is 5.73. The fraction of sp³-hybridized carbons (Fsp3) is 0.619. The summed E-state index contributed by atoms with van der Waals surface area (Å²) in [6.07, 6.45) is 2.96. The summed E-state index contributed by atoms with van der Waals surface area (Å²) in [6.45, 7) is 6.71. The van der Waals surface area contributed by atoms with Crippen LogP contribution in [-0.4, -0.2) is 81.3 Å². The summed E-state index contributed by atoms with van der Waals surface area (Å²) in [5.74, 6) is 0.253. The van der Waals surface area contributed by atoms with Crippen molar-refractivity contribution in [1.29, 1.82) is 0 Å². The molecule has 3 rings (SSSR count). The van der Waals surface area contributed by atoms with Gasteiger partial charge in [-0.25, -0.2) is 4.79 Å². The van der Waals surface area contributed by atoms with Gasteiger partial charge in [0.25, 0.3) is 5.91 Å². The number of piperidine rings is 1. The molecule has 154 valence electrons. The molecule has 1 aromatic carbocycles. The van der Waals surface area contributed by atoms with Gasteiger partial charge in [0.05, 0.1) is 13.2 Å². The summed E-state index contributed by atoms with van der Waals surface area (Å²) in [7, 11) is 1.66. The zero-order chi connectivity index (χ0) is 19.8. The van der Waals surface area contributed by atoms with E-state index < -0.39 is 0 Å². The van der Waals surface area contributed by atoms with Crippen molar-refractivity contribution in [2.45, 2.75) is 25.2 Å². The molecule has 3 amide bonds. The molecule has 2 heterocycles. The maximum atomic E-state index is 12.5. The fourth-order valence-electron chi connectivity index (χ4n) is 3.96. The van der Waals surface area contributed by atoms with Gasteiger partial charge in [-0.1, -0.05) is 12.1 Å². The van der Waals surface area contributed by atoms with Crippen LogP contribution in [0.1, 0.15) is 41.1 Å². The first kappa shape index (κ1) is 20.6. The van der Waals surface area contributed by atoms with Crippen molar-refractivity contribution in [1.82, 2.24) is 20.4 Å². The van der Waals surface area contributed by atoms with Crippen LogP contribution in [0.15, 0.2) is 24.3 Å². The van der Waals surface area contributed by atoms with Gasteiger partial charge < -0.3 is 20.3 Å². The van der Waals surface area contributed by atoms with Gasteiger partial charge in [0, 0.05) is 51.3 Å². The highest BCUT2D eigenvalue weighted by Gasteiger charge is 2.24. The SMILES string of the molecule is CNC(=O)N1CCCC(c2cccc(C(=O)NCCCN3CCOCC3)c2)C1. The Morgan fingerprint density at radius 1 is 1.21 bits per heavy atom. The summed E-state index contributed by atoms with van der Waals surface area (Å²) in [6, 6.07) is 7.82. The zero-order valence-corrected chi connectivity index (χ0v) is 16.8. The molecule has 0 aromatic heterocycles. The van der Waals surface area contributed by atoms with Crippen molar-refractivity contribution >= 4 is 11.9 Å². The second-order valence-corrected chi connectivity index (χ2v) is 7.53.